The van der Waals surface area contributed by atoms with E-state index in [1.807, 2.05) is 0 Å². The molecule has 2 aromatic rings. The lowest BCUT2D eigenvalue weighted by atomic mass is 10.2. The molecule has 0 fully saturated rings. The van der Waals surface area contributed by atoms with Gasteiger partial charge in [0.2, 0.25) is 0 Å². The molecular formula is C10H10F2N4. The second-order valence-electron chi connectivity index (χ2n) is 3.45. The van der Waals surface area contributed by atoms with Crippen molar-refractivity contribution < 1.29 is 8.78 Å². The standard InChI is InChI=1S/C10H10F2N4/c1-6(13)8-5-16(15-14-8)9-4-2-3-7(11)10(9)12/h2-6H,13H2,1H3. The second kappa shape index (κ2) is 3.97. The van der Waals surface area contributed by atoms with Gasteiger partial charge in [0.05, 0.1) is 11.9 Å². The van der Waals surface area contributed by atoms with Crippen LogP contribution >= 0.6 is 0 Å². The Labute approximate surface area is 90.7 Å². The van der Waals surface area contributed by atoms with Crippen molar-refractivity contribution in [2.24, 2.45) is 5.73 Å². The fourth-order valence-corrected chi connectivity index (χ4v) is 1.27. The maximum absolute atomic E-state index is 13.4. The Bertz CT molecular complexity index is 507. The van der Waals surface area contributed by atoms with Crippen LogP contribution in [0.2, 0.25) is 0 Å². The SMILES string of the molecule is CC(N)c1cn(-c2cccc(F)c2F)nn1. The quantitative estimate of drug-likeness (QED) is 0.842. The highest BCUT2D eigenvalue weighted by molar-refractivity contribution is 5.33. The summed E-state index contributed by atoms with van der Waals surface area (Å²) < 4.78 is 27.5. The van der Waals surface area contributed by atoms with Crippen molar-refractivity contribution in [3.05, 3.63) is 41.7 Å². The van der Waals surface area contributed by atoms with Crippen LogP contribution in [-0.2, 0) is 0 Å². The normalized spacial score (nSPS) is 12.8. The van der Waals surface area contributed by atoms with Gasteiger partial charge in [-0.25, -0.2) is 13.5 Å². The average molecular weight is 224 g/mol. The highest BCUT2D eigenvalue weighted by Gasteiger charge is 2.12. The van der Waals surface area contributed by atoms with Gasteiger partial charge in [-0.15, -0.1) is 5.10 Å². The third-order valence-electron chi connectivity index (χ3n) is 2.16. The van der Waals surface area contributed by atoms with Gasteiger partial charge in [0.15, 0.2) is 11.6 Å². The van der Waals surface area contributed by atoms with Crippen LogP contribution in [0.5, 0.6) is 0 Å². The molecule has 0 aliphatic rings. The zero-order valence-electron chi connectivity index (χ0n) is 8.56. The van der Waals surface area contributed by atoms with E-state index in [1.165, 1.54) is 18.3 Å². The van der Waals surface area contributed by atoms with Crippen LogP contribution in [0.1, 0.15) is 18.7 Å². The zero-order valence-corrected chi connectivity index (χ0v) is 8.56. The van der Waals surface area contributed by atoms with Gasteiger partial charge in [-0.3, -0.25) is 0 Å². The molecule has 0 spiro atoms. The lowest BCUT2D eigenvalue weighted by Gasteiger charge is -2.02. The van der Waals surface area contributed by atoms with Gasteiger partial charge in [0, 0.05) is 6.04 Å². The van der Waals surface area contributed by atoms with Crippen molar-refractivity contribution >= 4 is 0 Å². The van der Waals surface area contributed by atoms with Crippen molar-refractivity contribution in [2.45, 2.75) is 13.0 Å². The molecule has 1 unspecified atom stereocenters. The molecule has 84 valence electrons. The molecule has 6 heteroatoms. The molecule has 0 aliphatic carbocycles. The molecular weight excluding hydrogens is 214 g/mol. The van der Waals surface area contributed by atoms with Crippen LogP contribution < -0.4 is 5.73 Å². The van der Waals surface area contributed by atoms with Crippen molar-refractivity contribution in [2.75, 3.05) is 0 Å². The minimum absolute atomic E-state index is 0.0133. The van der Waals surface area contributed by atoms with Crippen LogP contribution in [0.4, 0.5) is 8.78 Å². The summed E-state index contributed by atoms with van der Waals surface area (Å²) in [7, 11) is 0. The van der Waals surface area contributed by atoms with Gasteiger partial charge in [-0.1, -0.05) is 11.3 Å². The van der Waals surface area contributed by atoms with E-state index in [9.17, 15) is 8.78 Å². The Morgan fingerprint density at radius 2 is 2.12 bits per heavy atom. The van der Waals surface area contributed by atoms with E-state index >= 15 is 0 Å². The van der Waals surface area contributed by atoms with Crippen LogP contribution in [0, 0.1) is 11.6 Å². The molecule has 1 atom stereocenters. The maximum atomic E-state index is 13.4. The number of nitrogens with zero attached hydrogens (tertiary/aromatic N) is 3. The van der Waals surface area contributed by atoms with Crippen LogP contribution in [0.15, 0.2) is 24.4 Å². The first-order valence-corrected chi connectivity index (χ1v) is 4.72. The van der Waals surface area contributed by atoms with Crippen LogP contribution in [0.25, 0.3) is 5.69 Å². The molecule has 4 nitrogen and oxygen atoms in total. The summed E-state index contributed by atoms with van der Waals surface area (Å²) in [5, 5.41) is 7.45. The summed E-state index contributed by atoms with van der Waals surface area (Å²) >= 11 is 0. The largest absolute Gasteiger partial charge is 0.323 e. The van der Waals surface area contributed by atoms with Gasteiger partial charge in [-0.2, -0.15) is 0 Å². The summed E-state index contributed by atoms with van der Waals surface area (Å²) in [6, 6.07) is 3.56. The van der Waals surface area contributed by atoms with Crippen molar-refractivity contribution in [3.63, 3.8) is 0 Å². The third kappa shape index (κ3) is 1.79. The van der Waals surface area contributed by atoms with Gasteiger partial charge in [0.25, 0.3) is 0 Å². The fourth-order valence-electron chi connectivity index (χ4n) is 1.27. The molecule has 0 radical (unpaired) electrons. The summed E-state index contributed by atoms with van der Waals surface area (Å²) in [5.41, 5.74) is 6.12. The van der Waals surface area contributed by atoms with E-state index in [1.54, 1.807) is 6.92 Å². The van der Waals surface area contributed by atoms with E-state index in [4.69, 9.17) is 5.73 Å². The lowest BCUT2D eigenvalue weighted by Crippen LogP contribution is -2.05. The molecule has 1 aromatic heterocycles. The van der Waals surface area contributed by atoms with Gasteiger partial charge in [0.1, 0.15) is 5.69 Å². The Morgan fingerprint density at radius 3 is 2.75 bits per heavy atom. The van der Waals surface area contributed by atoms with Crippen molar-refractivity contribution in [1.29, 1.82) is 0 Å². The number of benzene rings is 1. The molecule has 0 aliphatic heterocycles. The summed E-state index contributed by atoms with van der Waals surface area (Å²) in [5.74, 6) is -1.88. The Hall–Kier alpha value is -1.82. The first-order chi connectivity index (χ1) is 7.59. The Balaban J connectivity index is 2.47. The first-order valence-electron chi connectivity index (χ1n) is 4.72. The predicted octanol–water partition coefficient (Wildman–Crippen LogP) is 1.57. The molecule has 0 saturated carbocycles. The Kier molecular flexibility index (Phi) is 2.66. The van der Waals surface area contributed by atoms with E-state index in [0.717, 1.165) is 10.7 Å². The van der Waals surface area contributed by atoms with Crippen molar-refractivity contribution in [3.8, 4) is 5.69 Å². The topological polar surface area (TPSA) is 56.7 Å². The number of aromatic nitrogens is 3. The highest BCUT2D eigenvalue weighted by Crippen LogP contribution is 2.16. The number of rotatable bonds is 2. The molecule has 16 heavy (non-hydrogen) atoms. The fraction of sp³-hybridized carbons (Fsp3) is 0.200. The second-order valence-corrected chi connectivity index (χ2v) is 3.45. The van der Waals surface area contributed by atoms with Gasteiger partial charge < -0.3 is 5.73 Å². The summed E-state index contributed by atoms with van der Waals surface area (Å²) in [6.45, 7) is 1.73. The molecule has 0 saturated heterocycles. The smallest absolute Gasteiger partial charge is 0.184 e. The lowest BCUT2D eigenvalue weighted by molar-refractivity contribution is 0.500. The third-order valence-corrected chi connectivity index (χ3v) is 2.16. The van der Waals surface area contributed by atoms with Gasteiger partial charge in [-0.05, 0) is 19.1 Å². The minimum Gasteiger partial charge on any atom is -0.323 e. The number of halogens is 2. The molecule has 2 N–H and O–H groups in total. The van der Waals surface area contributed by atoms with Gasteiger partial charge >= 0.3 is 0 Å². The molecule has 1 heterocycles. The highest BCUT2D eigenvalue weighted by atomic mass is 19.2. The average Bonchev–Trinajstić information content (AvgIpc) is 2.71. The van der Waals surface area contributed by atoms with E-state index < -0.39 is 11.6 Å². The van der Waals surface area contributed by atoms with Crippen LogP contribution in [-0.4, -0.2) is 15.0 Å². The van der Waals surface area contributed by atoms with E-state index in [0.29, 0.717) is 5.69 Å². The number of hydrogen-bond acceptors (Lipinski definition) is 3. The molecule has 1 aromatic carbocycles. The Morgan fingerprint density at radius 1 is 1.38 bits per heavy atom. The molecule has 2 rings (SSSR count). The maximum Gasteiger partial charge on any atom is 0.184 e. The predicted molar refractivity (Wildman–Crippen MR) is 53.9 cm³/mol. The minimum atomic E-state index is -0.955. The van der Waals surface area contributed by atoms with Crippen molar-refractivity contribution in [1.82, 2.24) is 15.0 Å². The zero-order chi connectivity index (χ0) is 11.7. The number of hydrogen-bond donors (Lipinski definition) is 1. The van der Waals surface area contributed by atoms with Crippen LogP contribution in [0.3, 0.4) is 0 Å². The first kappa shape index (κ1) is 10.7. The molecule has 0 amide bonds. The number of nitrogens with two attached hydrogens (primary N) is 1. The van der Waals surface area contributed by atoms with E-state index in [2.05, 4.69) is 10.3 Å². The van der Waals surface area contributed by atoms with E-state index in [-0.39, 0.29) is 11.7 Å². The monoisotopic (exact) mass is 224 g/mol. The summed E-state index contributed by atoms with van der Waals surface area (Å²) in [6.07, 6.45) is 1.47. The molecule has 0 bridgehead atoms. The summed E-state index contributed by atoms with van der Waals surface area (Å²) in [4.78, 5) is 0.